The monoisotopic (exact) mass is 432 g/mol. The van der Waals surface area contributed by atoms with Crippen LogP contribution in [0.4, 0.5) is 0 Å². The van der Waals surface area contributed by atoms with Crippen LogP contribution in [0.3, 0.4) is 0 Å². The molecule has 6 heteroatoms. The second-order valence-corrected chi connectivity index (χ2v) is 8.70. The van der Waals surface area contributed by atoms with Gasteiger partial charge in [0.05, 0.1) is 10.9 Å². The first-order valence-electron chi connectivity index (χ1n) is 11.3. The first-order chi connectivity index (χ1) is 15.4. The molecule has 0 unspecified atom stereocenters. The van der Waals surface area contributed by atoms with E-state index in [2.05, 4.69) is 55.1 Å². The summed E-state index contributed by atoms with van der Waals surface area (Å²) in [6.07, 6.45) is 10.8. The zero-order valence-corrected chi connectivity index (χ0v) is 19.3. The molecule has 0 saturated heterocycles. The van der Waals surface area contributed by atoms with Crippen LogP contribution < -0.4 is 10.9 Å². The lowest BCUT2D eigenvalue weighted by molar-refractivity contribution is -0.116. The average Bonchev–Trinajstić information content (AvgIpc) is 2.78. The van der Waals surface area contributed by atoms with Crippen LogP contribution in [0.5, 0.6) is 0 Å². The van der Waals surface area contributed by atoms with Crippen LogP contribution in [0, 0.1) is 0 Å². The quantitative estimate of drug-likeness (QED) is 0.394. The van der Waals surface area contributed by atoms with Crippen molar-refractivity contribution in [3.63, 3.8) is 0 Å². The second kappa shape index (κ2) is 10.8. The molecule has 1 amide bonds. The van der Waals surface area contributed by atoms with Gasteiger partial charge >= 0.3 is 0 Å². The van der Waals surface area contributed by atoms with Gasteiger partial charge in [-0.15, -0.1) is 0 Å². The van der Waals surface area contributed by atoms with Crippen molar-refractivity contribution in [1.82, 2.24) is 19.9 Å². The second-order valence-electron chi connectivity index (χ2n) is 8.70. The maximum atomic E-state index is 13.1. The number of aryl methyl sites for hydroxylation is 1. The average molecular weight is 433 g/mol. The summed E-state index contributed by atoms with van der Waals surface area (Å²) >= 11 is 0. The number of amides is 1. The first-order valence-corrected chi connectivity index (χ1v) is 11.3. The van der Waals surface area contributed by atoms with Crippen LogP contribution in [0.25, 0.3) is 17.1 Å². The third kappa shape index (κ3) is 5.90. The van der Waals surface area contributed by atoms with Crippen molar-refractivity contribution < 1.29 is 4.79 Å². The molecule has 0 aliphatic carbocycles. The van der Waals surface area contributed by atoms with Crippen LogP contribution in [-0.2, 0) is 11.2 Å². The highest BCUT2D eigenvalue weighted by Crippen LogP contribution is 2.27. The molecular weight excluding hydrogens is 400 g/mol. The molecule has 2 heterocycles. The predicted octanol–water partition coefficient (Wildman–Crippen LogP) is 4.65. The first kappa shape index (κ1) is 23.4. The van der Waals surface area contributed by atoms with E-state index in [0.29, 0.717) is 17.8 Å². The summed E-state index contributed by atoms with van der Waals surface area (Å²) in [5.41, 5.74) is 3.95. The van der Waals surface area contributed by atoms with Crippen LogP contribution >= 0.6 is 0 Å². The molecule has 0 radical (unpaired) electrons. The molecule has 3 rings (SSSR count). The number of carbonyl (C=O) groups is 1. The maximum absolute atomic E-state index is 13.1. The predicted molar refractivity (Wildman–Crippen MR) is 130 cm³/mol. The van der Waals surface area contributed by atoms with Crippen LogP contribution in [0.1, 0.15) is 69.1 Å². The number of carbonyl (C=O) groups excluding carboxylic acids is 1. The van der Waals surface area contributed by atoms with Crippen molar-refractivity contribution >= 4 is 23.0 Å². The normalized spacial score (nSPS) is 11.7. The SMILES string of the molecule is CC(C)c1cc(C(C)C)c2ncn(C=CC(=O)NCCCCc3cccnc3)c(=O)c2c1. The summed E-state index contributed by atoms with van der Waals surface area (Å²) in [4.78, 5) is 33.9. The van der Waals surface area contributed by atoms with E-state index in [1.165, 1.54) is 28.7 Å². The van der Waals surface area contributed by atoms with Gasteiger partial charge in [-0.3, -0.25) is 19.1 Å². The Bertz CT molecular complexity index is 1150. The number of pyridine rings is 1. The van der Waals surface area contributed by atoms with Gasteiger partial charge in [-0.2, -0.15) is 0 Å². The molecule has 2 aromatic heterocycles. The third-order valence-corrected chi connectivity index (χ3v) is 5.53. The van der Waals surface area contributed by atoms with E-state index in [-0.39, 0.29) is 17.4 Å². The summed E-state index contributed by atoms with van der Waals surface area (Å²) in [6, 6.07) is 8.05. The van der Waals surface area contributed by atoms with Crippen LogP contribution in [0.15, 0.2) is 53.9 Å². The topological polar surface area (TPSA) is 76.9 Å². The highest BCUT2D eigenvalue weighted by Gasteiger charge is 2.14. The van der Waals surface area contributed by atoms with Gasteiger partial charge < -0.3 is 5.32 Å². The van der Waals surface area contributed by atoms with Gasteiger partial charge in [0.25, 0.3) is 5.56 Å². The fourth-order valence-electron chi connectivity index (χ4n) is 3.60. The fourth-order valence-corrected chi connectivity index (χ4v) is 3.60. The number of aromatic nitrogens is 3. The number of hydrogen-bond acceptors (Lipinski definition) is 4. The van der Waals surface area contributed by atoms with Crippen molar-refractivity contribution in [2.24, 2.45) is 0 Å². The smallest absolute Gasteiger partial charge is 0.265 e. The van der Waals surface area contributed by atoms with E-state index in [0.717, 1.165) is 35.9 Å². The Balaban J connectivity index is 1.65. The van der Waals surface area contributed by atoms with Crippen molar-refractivity contribution in [3.8, 4) is 0 Å². The molecule has 6 nitrogen and oxygen atoms in total. The van der Waals surface area contributed by atoms with E-state index in [1.54, 1.807) is 6.20 Å². The van der Waals surface area contributed by atoms with E-state index in [9.17, 15) is 9.59 Å². The van der Waals surface area contributed by atoms with E-state index >= 15 is 0 Å². The standard InChI is InChI=1S/C26H32N4O2/c1-18(2)21-14-22(19(3)4)25-23(15-21)26(32)30(17-29-25)13-10-24(31)28-12-6-5-8-20-9-7-11-27-16-20/h7,9-11,13-19H,5-6,8,12H2,1-4H3,(H,28,31). The molecule has 1 aromatic carbocycles. The molecule has 168 valence electrons. The molecule has 3 aromatic rings. The van der Waals surface area contributed by atoms with E-state index < -0.39 is 0 Å². The van der Waals surface area contributed by atoms with Crippen molar-refractivity contribution in [1.29, 1.82) is 0 Å². The van der Waals surface area contributed by atoms with E-state index in [4.69, 9.17) is 0 Å². The Kier molecular flexibility index (Phi) is 7.92. The Morgan fingerprint density at radius 1 is 1.16 bits per heavy atom. The zero-order valence-electron chi connectivity index (χ0n) is 19.3. The third-order valence-electron chi connectivity index (χ3n) is 5.53. The summed E-state index contributed by atoms with van der Waals surface area (Å²) in [5.74, 6) is 0.347. The van der Waals surface area contributed by atoms with Gasteiger partial charge in [0.2, 0.25) is 5.91 Å². The molecule has 1 N–H and O–H groups in total. The number of rotatable bonds is 9. The highest BCUT2D eigenvalue weighted by atomic mass is 16.1. The van der Waals surface area contributed by atoms with Gasteiger partial charge in [-0.1, -0.05) is 39.8 Å². The van der Waals surface area contributed by atoms with Gasteiger partial charge in [0.15, 0.2) is 0 Å². The molecular formula is C26H32N4O2. The molecule has 0 bridgehead atoms. The molecule has 32 heavy (non-hydrogen) atoms. The minimum absolute atomic E-state index is 0.167. The molecule has 0 fully saturated rings. The fraction of sp³-hybridized carbons (Fsp3) is 0.385. The summed E-state index contributed by atoms with van der Waals surface area (Å²) < 4.78 is 1.37. The Hall–Kier alpha value is -3.28. The number of fused-ring (bicyclic) bond motifs is 1. The number of nitrogens with zero attached hydrogens (tertiary/aromatic N) is 3. The summed E-state index contributed by atoms with van der Waals surface area (Å²) in [7, 11) is 0. The Labute approximate surface area is 189 Å². The van der Waals surface area contributed by atoms with E-state index in [1.807, 2.05) is 18.3 Å². The Morgan fingerprint density at radius 2 is 1.97 bits per heavy atom. The molecule has 0 aliphatic rings. The Morgan fingerprint density at radius 3 is 2.66 bits per heavy atom. The summed E-state index contributed by atoms with van der Waals surface area (Å²) in [6.45, 7) is 9.02. The molecule has 0 spiro atoms. The summed E-state index contributed by atoms with van der Waals surface area (Å²) in [5, 5.41) is 3.45. The lowest BCUT2D eigenvalue weighted by Crippen LogP contribution is -2.23. The van der Waals surface area contributed by atoms with Crippen molar-refractivity contribution in [2.45, 2.75) is 58.8 Å². The van der Waals surface area contributed by atoms with Gasteiger partial charge in [0, 0.05) is 31.2 Å². The zero-order chi connectivity index (χ0) is 23.1. The van der Waals surface area contributed by atoms with Crippen molar-refractivity contribution in [3.05, 3.63) is 76.1 Å². The minimum Gasteiger partial charge on any atom is -0.353 e. The molecule has 0 aliphatic heterocycles. The maximum Gasteiger partial charge on any atom is 0.265 e. The number of hydrogen-bond donors (Lipinski definition) is 1. The van der Waals surface area contributed by atoms with Crippen LogP contribution in [0.2, 0.25) is 0 Å². The number of benzene rings is 1. The highest BCUT2D eigenvalue weighted by molar-refractivity contribution is 5.90. The van der Waals surface area contributed by atoms with Gasteiger partial charge in [0.1, 0.15) is 6.33 Å². The minimum atomic E-state index is -0.225. The lowest BCUT2D eigenvalue weighted by Gasteiger charge is -2.14. The lowest BCUT2D eigenvalue weighted by atomic mass is 9.93. The van der Waals surface area contributed by atoms with Crippen molar-refractivity contribution in [2.75, 3.05) is 6.54 Å². The van der Waals surface area contributed by atoms with Gasteiger partial charge in [-0.25, -0.2) is 4.98 Å². The largest absolute Gasteiger partial charge is 0.353 e. The molecule has 0 atom stereocenters. The molecule has 0 saturated carbocycles. The van der Waals surface area contributed by atoms with Crippen LogP contribution in [-0.4, -0.2) is 27.0 Å². The number of unbranched alkanes of at least 4 members (excludes halogenated alkanes) is 1. The van der Waals surface area contributed by atoms with Gasteiger partial charge in [-0.05, 0) is 59.9 Å². The number of nitrogens with one attached hydrogen (secondary N) is 1.